The Morgan fingerprint density at radius 1 is 1.30 bits per heavy atom. The summed E-state index contributed by atoms with van der Waals surface area (Å²) in [6.45, 7) is 2.06. The summed E-state index contributed by atoms with van der Waals surface area (Å²) in [6, 6.07) is 10.9. The summed E-state index contributed by atoms with van der Waals surface area (Å²) in [4.78, 5) is 0. The van der Waals surface area contributed by atoms with Gasteiger partial charge in [0, 0.05) is 9.61 Å². The Morgan fingerprint density at radius 3 is 2.70 bits per heavy atom. The Bertz CT molecular complexity index is 615. The standard InChI is InChI=1S/C16H17FINO/c1-10-4-3-5-12(16(10)18)14(19)9-11-6-7-15(20-2)13(17)8-11/h3-8,14H,9,19H2,1-2H3. The van der Waals surface area contributed by atoms with Gasteiger partial charge in [-0.05, 0) is 64.8 Å². The molecule has 0 bridgehead atoms. The number of benzene rings is 2. The van der Waals surface area contributed by atoms with E-state index in [1.807, 2.05) is 18.2 Å². The van der Waals surface area contributed by atoms with E-state index in [0.717, 1.165) is 11.1 Å². The lowest BCUT2D eigenvalue weighted by Gasteiger charge is -2.16. The summed E-state index contributed by atoms with van der Waals surface area (Å²) >= 11 is 2.31. The highest BCUT2D eigenvalue weighted by Crippen LogP contribution is 2.25. The molecule has 0 aromatic heterocycles. The Balaban J connectivity index is 2.21. The highest BCUT2D eigenvalue weighted by molar-refractivity contribution is 14.1. The van der Waals surface area contributed by atoms with Crippen LogP contribution in [-0.2, 0) is 6.42 Å². The smallest absolute Gasteiger partial charge is 0.165 e. The Kier molecular flexibility index (Phi) is 4.99. The monoisotopic (exact) mass is 385 g/mol. The Hall–Kier alpha value is -1.14. The van der Waals surface area contributed by atoms with Crippen LogP contribution in [0.1, 0.15) is 22.7 Å². The van der Waals surface area contributed by atoms with Gasteiger partial charge in [0.15, 0.2) is 11.6 Å². The zero-order valence-corrected chi connectivity index (χ0v) is 13.6. The summed E-state index contributed by atoms with van der Waals surface area (Å²) in [5.41, 5.74) is 9.43. The van der Waals surface area contributed by atoms with E-state index in [0.29, 0.717) is 6.42 Å². The molecule has 20 heavy (non-hydrogen) atoms. The third kappa shape index (κ3) is 3.30. The summed E-state index contributed by atoms with van der Waals surface area (Å²) < 4.78 is 19.8. The van der Waals surface area contributed by atoms with Gasteiger partial charge in [-0.15, -0.1) is 0 Å². The lowest BCUT2D eigenvalue weighted by atomic mass is 9.98. The second-order valence-electron chi connectivity index (χ2n) is 4.76. The first-order chi connectivity index (χ1) is 9.52. The fraction of sp³-hybridized carbons (Fsp3) is 0.250. The summed E-state index contributed by atoms with van der Waals surface area (Å²) in [5, 5.41) is 0. The third-order valence-corrected chi connectivity index (χ3v) is 4.77. The van der Waals surface area contributed by atoms with Crippen molar-refractivity contribution in [3.05, 3.63) is 62.5 Å². The number of aryl methyl sites for hydroxylation is 1. The van der Waals surface area contributed by atoms with E-state index in [2.05, 4.69) is 35.6 Å². The molecule has 2 N–H and O–H groups in total. The van der Waals surface area contributed by atoms with Crippen LogP contribution in [0.3, 0.4) is 0 Å². The normalized spacial score (nSPS) is 12.2. The Morgan fingerprint density at radius 2 is 2.05 bits per heavy atom. The number of halogens is 2. The quantitative estimate of drug-likeness (QED) is 0.808. The summed E-state index contributed by atoms with van der Waals surface area (Å²) in [5.74, 6) is -0.0939. The van der Waals surface area contributed by atoms with E-state index in [1.165, 1.54) is 22.3 Å². The Labute approximate surface area is 132 Å². The molecule has 0 amide bonds. The molecule has 2 aromatic rings. The fourth-order valence-corrected chi connectivity index (χ4v) is 2.92. The summed E-state index contributed by atoms with van der Waals surface area (Å²) in [6.07, 6.45) is 0.598. The lowest BCUT2D eigenvalue weighted by Crippen LogP contribution is -2.15. The predicted octanol–water partition coefficient (Wildman–Crippen LogP) is 3.99. The average Bonchev–Trinajstić information content (AvgIpc) is 2.42. The molecule has 2 aromatic carbocycles. The number of rotatable bonds is 4. The minimum atomic E-state index is -0.351. The van der Waals surface area contributed by atoms with Crippen molar-refractivity contribution in [3.8, 4) is 5.75 Å². The zero-order chi connectivity index (χ0) is 14.7. The minimum absolute atomic E-state index is 0.144. The number of hydrogen-bond donors (Lipinski definition) is 1. The molecule has 0 radical (unpaired) electrons. The molecule has 0 aliphatic rings. The molecule has 106 valence electrons. The SMILES string of the molecule is COc1ccc(CC(N)c2cccc(C)c2I)cc1F. The second-order valence-corrected chi connectivity index (χ2v) is 5.84. The van der Waals surface area contributed by atoms with Crippen LogP contribution in [0.15, 0.2) is 36.4 Å². The third-order valence-electron chi connectivity index (χ3n) is 3.29. The molecule has 0 aliphatic heterocycles. The van der Waals surface area contributed by atoms with Crippen molar-refractivity contribution >= 4 is 22.6 Å². The molecule has 0 aliphatic carbocycles. The molecule has 4 heteroatoms. The van der Waals surface area contributed by atoms with Crippen LogP contribution < -0.4 is 10.5 Å². The van der Waals surface area contributed by atoms with Gasteiger partial charge >= 0.3 is 0 Å². The maximum absolute atomic E-state index is 13.7. The minimum Gasteiger partial charge on any atom is -0.494 e. The molecular formula is C16H17FINO. The number of methoxy groups -OCH3 is 1. The van der Waals surface area contributed by atoms with Crippen LogP contribution >= 0.6 is 22.6 Å². The van der Waals surface area contributed by atoms with Gasteiger partial charge in [0.1, 0.15) is 0 Å². The topological polar surface area (TPSA) is 35.2 Å². The van der Waals surface area contributed by atoms with Crippen molar-refractivity contribution in [1.29, 1.82) is 0 Å². The molecule has 0 fully saturated rings. The van der Waals surface area contributed by atoms with Crippen LogP contribution in [0.4, 0.5) is 4.39 Å². The van der Waals surface area contributed by atoms with Crippen molar-refractivity contribution in [2.24, 2.45) is 5.73 Å². The maximum Gasteiger partial charge on any atom is 0.165 e. The maximum atomic E-state index is 13.7. The lowest BCUT2D eigenvalue weighted by molar-refractivity contribution is 0.386. The van der Waals surface area contributed by atoms with Crippen LogP contribution in [0.2, 0.25) is 0 Å². The molecule has 2 rings (SSSR count). The molecule has 0 saturated heterocycles. The zero-order valence-electron chi connectivity index (χ0n) is 11.5. The molecule has 1 atom stereocenters. The number of ether oxygens (including phenoxy) is 1. The van der Waals surface area contributed by atoms with Gasteiger partial charge in [0.2, 0.25) is 0 Å². The molecular weight excluding hydrogens is 368 g/mol. The van der Waals surface area contributed by atoms with Crippen LogP contribution in [0.5, 0.6) is 5.75 Å². The predicted molar refractivity (Wildman–Crippen MR) is 87.5 cm³/mol. The first-order valence-corrected chi connectivity index (χ1v) is 7.43. The van der Waals surface area contributed by atoms with Gasteiger partial charge in [-0.25, -0.2) is 4.39 Å². The molecule has 2 nitrogen and oxygen atoms in total. The van der Waals surface area contributed by atoms with Gasteiger partial charge in [-0.3, -0.25) is 0 Å². The highest BCUT2D eigenvalue weighted by atomic mass is 127. The first-order valence-electron chi connectivity index (χ1n) is 6.36. The van der Waals surface area contributed by atoms with Gasteiger partial charge in [0.25, 0.3) is 0 Å². The van der Waals surface area contributed by atoms with E-state index < -0.39 is 0 Å². The van der Waals surface area contributed by atoms with E-state index in [9.17, 15) is 4.39 Å². The molecule has 0 heterocycles. The van der Waals surface area contributed by atoms with Crippen molar-refractivity contribution < 1.29 is 9.13 Å². The van der Waals surface area contributed by atoms with E-state index >= 15 is 0 Å². The second kappa shape index (κ2) is 6.54. The number of nitrogens with two attached hydrogens (primary N) is 1. The van der Waals surface area contributed by atoms with Gasteiger partial charge < -0.3 is 10.5 Å². The van der Waals surface area contributed by atoms with Crippen LogP contribution in [-0.4, -0.2) is 7.11 Å². The van der Waals surface area contributed by atoms with E-state index in [-0.39, 0.29) is 17.6 Å². The van der Waals surface area contributed by atoms with Crippen molar-refractivity contribution in [1.82, 2.24) is 0 Å². The van der Waals surface area contributed by atoms with Gasteiger partial charge in [-0.2, -0.15) is 0 Å². The number of hydrogen-bond acceptors (Lipinski definition) is 2. The van der Waals surface area contributed by atoms with Crippen LogP contribution in [0, 0.1) is 16.3 Å². The first kappa shape index (κ1) is 15.3. The van der Waals surface area contributed by atoms with Crippen LogP contribution in [0.25, 0.3) is 0 Å². The fourth-order valence-electron chi connectivity index (χ4n) is 2.16. The van der Waals surface area contributed by atoms with Crippen molar-refractivity contribution in [2.75, 3.05) is 7.11 Å². The molecule has 0 spiro atoms. The largest absolute Gasteiger partial charge is 0.494 e. The van der Waals surface area contributed by atoms with Crippen molar-refractivity contribution in [2.45, 2.75) is 19.4 Å². The van der Waals surface area contributed by atoms with E-state index in [1.54, 1.807) is 6.07 Å². The molecule has 0 saturated carbocycles. The summed E-state index contributed by atoms with van der Waals surface area (Å²) in [7, 11) is 1.46. The average molecular weight is 385 g/mol. The van der Waals surface area contributed by atoms with E-state index in [4.69, 9.17) is 10.5 Å². The van der Waals surface area contributed by atoms with Crippen molar-refractivity contribution in [3.63, 3.8) is 0 Å². The highest BCUT2D eigenvalue weighted by Gasteiger charge is 2.13. The van der Waals surface area contributed by atoms with Gasteiger partial charge in [-0.1, -0.05) is 24.3 Å². The molecule has 1 unspecified atom stereocenters. The van der Waals surface area contributed by atoms with Gasteiger partial charge in [0.05, 0.1) is 7.11 Å².